The molecule has 0 saturated carbocycles. The molecule has 12 heteroatoms. The largest absolute Gasteiger partial charge is 0.497 e. The number of carboxylic acid groups (broad SMARTS) is 1. The van der Waals surface area contributed by atoms with E-state index in [0.29, 0.717) is 96.7 Å². The third kappa shape index (κ3) is 7.02. The number of benzene rings is 2. The van der Waals surface area contributed by atoms with Crippen LogP contribution in [0.5, 0.6) is 5.75 Å². The van der Waals surface area contributed by atoms with Crippen LogP contribution in [0.1, 0.15) is 67.1 Å². The van der Waals surface area contributed by atoms with E-state index < -0.39 is 29.2 Å². The number of hydrogen-bond donors (Lipinski definition) is 2. The molecule has 262 valence electrons. The Morgan fingerprint density at radius 1 is 0.958 bits per heavy atom. The topological polar surface area (TPSA) is 103 Å². The fourth-order valence-electron chi connectivity index (χ4n) is 8.31. The molecule has 4 saturated heterocycles. The Morgan fingerprint density at radius 3 is 2.21 bits per heavy atom. The highest BCUT2D eigenvalue weighted by atomic mass is 19.4. The van der Waals surface area contributed by atoms with E-state index in [1.165, 1.54) is 6.07 Å². The SMILES string of the molecule is COc1ccc([C@@H]2CN(C3(CO)CCOCC3)C[C@H]2C(=O)N2CCC(c3ccc(C(F)(F)F)cc3N3CCC(C(=O)O)CC3)CC2)cc1. The second-order valence-corrected chi connectivity index (χ2v) is 13.9. The fourth-order valence-corrected chi connectivity index (χ4v) is 8.31. The fraction of sp³-hybridized carbons (Fsp3) is 0.611. The van der Waals surface area contributed by atoms with Crippen molar-refractivity contribution in [3.05, 3.63) is 59.2 Å². The number of alkyl halides is 3. The maximum absolute atomic E-state index is 14.3. The molecule has 2 N–H and O–H groups in total. The number of nitrogens with zero attached hydrogens (tertiary/aromatic N) is 3. The van der Waals surface area contributed by atoms with Crippen LogP contribution in [0, 0.1) is 11.8 Å². The quantitative estimate of drug-likeness (QED) is 0.405. The van der Waals surface area contributed by atoms with Gasteiger partial charge in [-0.2, -0.15) is 13.2 Å². The van der Waals surface area contributed by atoms with Crippen molar-refractivity contribution in [2.24, 2.45) is 11.8 Å². The Hall–Kier alpha value is -3.35. The number of likely N-dealkylation sites (tertiary alicyclic amines) is 2. The number of amides is 1. The second-order valence-electron chi connectivity index (χ2n) is 13.9. The lowest BCUT2D eigenvalue weighted by atomic mass is 9.84. The van der Waals surface area contributed by atoms with Crippen LogP contribution < -0.4 is 9.64 Å². The number of aliphatic hydroxyl groups excluding tert-OH is 1. The van der Waals surface area contributed by atoms with Crippen molar-refractivity contribution < 1.29 is 42.4 Å². The molecule has 0 bridgehead atoms. The normalized spacial score (nSPS) is 24.5. The zero-order chi connectivity index (χ0) is 34.1. The number of aliphatic carboxylic acids is 1. The van der Waals surface area contributed by atoms with E-state index in [0.717, 1.165) is 22.9 Å². The molecule has 1 amide bonds. The number of carbonyl (C=O) groups excluding carboxylic acids is 1. The summed E-state index contributed by atoms with van der Waals surface area (Å²) < 4.78 is 52.3. The highest BCUT2D eigenvalue weighted by Crippen LogP contribution is 2.43. The molecule has 4 fully saturated rings. The first-order valence-corrected chi connectivity index (χ1v) is 17.1. The molecular weight excluding hydrogens is 627 g/mol. The average Bonchev–Trinajstić information content (AvgIpc) is 3.57. The van der Waals surface area contributed by atoms with Crippen LogP contribution >= 0.6 is 0 Å². The van der Waals surface area contributed by atoms with E-state index in [2.05, 4.69) is 4.90 Å². The van der Waals surface area contributed by atoms with Crippen molar-refractivity contribution in [2.75, 3.05) is 71.1 Å². The Bertz CT molecular complexity index is 1430. The zero-order valence-corrected chi connectivity index (χ0v) is 27.5. The first-order valence-electron chi connectivity index (χ1n) is 17.1. The number of ether oxygens (including phenoxy) is 2. The Labute approximate surface area is 279 Å². The molecular formula is C36H46F3N3O6. The van der Waals surface area contributed by atoms with Crippen molar-refractivity contribution in [3.63, 3.8) is 0 Å². The monoisotopic (exact) mass is 673 g/mol. The van der Waals surface area contributed by atoms with Gasteiger partial charge >= 0.3 is 12.1 Å². The van der Waals surface area contributed by atoms with Crippen LogP contribution in [0.3, 0.4) is 0 Å². The molecule has 0 unspecified atom stereocenters. The number of piperidine rings is 2. The Kier molecular flexibility index (Phi) is 10.2. The minimum Gasteiger partial charge on any atom is -0.497 e. The minimum atomic E-state index is -4.49. The molecule has 4 aliphatic heterocycles. The predicted molar refractivity (Wildman–Crippen MR) is 173 cm³/mol. The lowest BCUT2D eigenvalue weighted by Crippen LogP contribution is -2.54. The molecule has 2 atom stereocenters. The van der Waals surface area contributed by atoms with E-state index in [1.807, 2.05) is 34.1 Å². The number of halogens is 3. The summed E-state index contributed by atoms with van der Waals surface area (Å²) >= 11 is 0. The summed E-state index contributed by atoms with van der Waals surface area (Å²) in [6.07, 6.45) is -1.07. The molecule has 48 heavy (non-hydrogen) atoms. The van der Waals surface area contributed by atoms with Crippen molar-refractivity contribution in [1.82, 2.24) is 9.80 Å². The van der Waals surface area contributed by atoms with Crippen LogP contribution in [-0.2, 0) is 20.5 Å². The van der Waals surface area contributed by atoms with Crippen LogP contribution in [-0.4, -0.2) is 104 Å². The van der Waals surface area contributed by atoms with Crippen LogP contribution in [0.4, 0.5) is 18.9 Å². The van der Waals surface area contributed by atoms with E-state index in [1.54, 1.807) is 13.2 Å². The summed E-state index contributed by atoms with van der Waals surface area (Å²) in [7, 11) is 1.62. The number of carbonyl (C=O) groups is 2. The Balaban J connectivity index is 1.20. The lowest BCUT2D eigenvalue weighted by molar-refractivity contribution is -0.142. The van der Waals surface area contributed by atoms with Gasteiger partial charge in [0.25, 0.3) is 0 Å². The maximum Gasteiger partial charge on any atom is 0.416 e. The van der Waals surface area contributed by atoms with Gasteiger partial charge in [0.15, 0.2) is 0 Å². The zero-order valence-electron chi connectivity index (χ0n) is 27.5. The maximum atomic E-state index is 14.3. The van der Waals surface area contributed by atoms with E-state index in [4.69, 9.17) is 9.47 Å². The smallest absolute Gasteiger partial charge is 0.416 e. The van der Waals surface area contributed by atoms with Gasteiger partial charge in [-0.05, 0) is 79.8 Å². The first kappa shape index (κ1) is 34.5. The van der Waals surface area contributed by atoms with Gasteiger partial charge in [0.1, 0.15) is 5.75 Å². The average molecular weight is 674 g/mol. The van der Waals surface area contributed by atoms with Crippen molar-refractivity contribution in [1.29, 1.82) is 0 Å². The number of hydrogen-bond acceptors (Lipinski definition) is 7. The third-order valence-electron chi connectivity index (χ3n) is 11.4. The van der Waals surface area contributed by atoms with E-state index in [9.17, 15) is 33.0 Å². The van der Waals surface area contributed by atoms with Gasteiger partial charge in [0.05, 0.1) is 31.1 Å². The molecule has 0 aromatic heterocycles. The highest BCUT2D eigenvalue weighted by Gasteiger charge is 2.48. The summed E-state index contributed by atoms with van der Waals surface area (Å²) in [6, 6.07) is 11.8. The molecule has 4 aliphatic rings. The summed E-state index contributed by atoms with van der Waals surface area (Å²) in [6.45, 7) is 4.08. The number of aliphatic hydroxyl groups is 1. The Morgan fingerprint density at radius 2 is 1.62 bits per heavy atom. The van der Waals surface area contributed by atoms with E-state index >= 15 is 0 Å². The molecule has 0 aliphatic carbocycles. The van der Waals surface area contributed by atoms with Gasteiger partial charge in [0, 0.05) is 69.6 Å². The van der Waals surface area contributed by atoms with Crippen LogP contribution in [0.2, 0.25) is 0 Å². The lowest BCUT2D eigenvalue weighted by Gasteiger charge is -2.43. The predicted octanol–water partition coefficient (Wildman–Crippen LogP) is 4.98. The van der Waals surface area contributed by atoms with Gasteiger partial charge < -0.3 is 29.5 Å². The molecule has 9 nitrogen and oxygen atoms in total. The molecule has 2 aromatic carbocycles. The minimum absolute atomic E-state index is 0.00143. The standard InChI is InChI=1S/C36H46F3N3O6/c1-47-28-5-2-24(3-6-28)30-21-42(35(23-43)12-18-48-19-13-35)22-31(30)33(44)41-16-8-25(9-17-41)29-7-4-27(36(37,38)39)20-32(29)40-14-10-26(11-15-40)34(45)46/h2-7,20,25-26,30-31,43H,8-19,21-23H2,1H3,(H,45,46)/t30-,31+/m0/s1. The molecule has 4 heterocycles. The molecule has 0 spiro atoms. The van der Waals surface area contributed by atoms with Crippen molar-refractivity contribution in [3.8, 4) is 5.75 Å². The van der Waals surface area contributed by atoms with E-state index in [-0.39, 0.29) is 30.3 Å². The number of carboxylic acids is 1. The van der Waals surface area contributed by atoms with Crippen LogP contribution in [0.25, 0.3) is 0 Å². The summed E-state index contributed by atoms with van der Waals surface area (Å²) in [5, 5.41) is 20.0. The van der Waals surface area contributed by atoms with Crippen molar-refractivity contribution >= 4 is 17.6 Å². The summed E-state index contributed by atoms with van der Waals surface area (Å²) in [5.41, 5.74) is 1.26. The van der Waals surface area contributed by atoms with Gasteiger partial charge in [-0.1, -0.05) is 18.2 Å². The second kappa shape index (κ2) is 14.2. The molecule has 6 rings (SSSR count). The van der Waals surface area contributed by atoms with Gasteiger partial charge in [-0.3, -0.25) is 14.5 Å². The first-order chi connectivity index (χ1) is 23.0. The molecule has 2 aromatic rings. The van der Waals surface area contributed by atoms with Gasteiger partial charge in [-0.25, -0.2) is 0 Å². The van der Waals surface area contributed by atoms with Crippen LogP contribution in [0.15, 0.2) is 42.5 Å². The number of anilines is 1. The third-order valence-corrected chi connectivity index (χ3v) is 11.4. The summed E-state index contributed by atoms with van der Waals surface area (Å²) in [5.74, 6) is -0.947. The highest BCUT2D eigenvalue weighted by molar-refractivity contribution is 5.81. The molecule has 0 radical (unpaired) electrons. The number of rotatable bonds is 8. The van der Waals surface area contributed by atoms with Gasteiger partial charge in [0.2, 0.25) is 5.91 Å². The van der Waals surface area contributed by atoms with Crippen molar-refractivity contribution in [2.45, 2.75) is 62.1 Å². The number of methoxy groups -OCH3 is 1. The van der Waals surface area contributed by atoms with Gasteiger partial charge in [-0.15, -0.1) is 0 Å². The summed E-state index contributed by atoms with van der Waals surface area (Å²) in [4.78, 5) is 32.0.